The number of esters is 1. The molecule has 0 unspecified atom stereocenters. The third-order valence-corrected chi connectivity index (χ3v) is 1.57. The highest BCUT2D eigenvalue weighted by Gasteiger charge is 1.93. The molecule has 0 fully saturated rings. The number of hydrogen-bond acceptors (Lipinski definition) is 3. The van der Waals surface area contributed by atoms with Crippen LogP contribution in [0.5, 0.6) is 0 Å². The fourth-order valence-corrected chi connectivity index (χ4v) is 0.920. The number of carbonyl (C=O) groups is 1. The van der Waals surface area contributed by atoms with Gasteiger partial charge in [-0.15, -0.1) is 0 Å². The lowest BCUT2D eigenvalue weighted by Crippen LogP contribution is -2.14. The summed E-state index contributed by atoms with van der Waals surface area (Å²) in [4.78, 5) is 11.0. The summed E-state index contributed by atoms with van der Waals surface area (Å²) in [6.45, 7) is 0.234. The largest absolute Gasteiger partial charge is 0.447 e. The number of hydrogen-bond donors (Lipinski definition) is 1. The van der Waals surface area contributed by atoms with Gasteiger partial charge in [-0.05, 0) is 18.7 Å². The van der Waals surface area contributed by atoms with Crippen molar-refractivity contribution in [3.8, 4) is 0 Å². The van der Waals surface area contributed by atoms with Crippen LogP contribution in [0, 0.1) is 0 Å². The van der Waals surface area contributed by atoms with Crippen LogP contribution >= 0.6 is 0 Å². The highest BCUT2D eigenvalue weighted by molar-refractivity contribution is 5.86. The lowest BCUT2D eigenvalue weighted by Gasteiger charge is -1.98. The van der Waals surface area contributed by atoms with Crippen LogP contribution in [-0.2, 0) is 9.53 Å². The number of ether oxygens (including phenoxy) is 1. The Balaban J connectivity index is 2.44. The molecule has 1 rings (SSSR count). The molecule has 3 nitrogen and oxygen atoms in total. The van der Waals surface area contributed by atoms with E-state index in [0.717, 1.165) is 5.56 Å². The maximum Gasteiger partial charge on any atom is 0.332 e. The SMILES string of the molecule is CNCOC(=O)C=Cc1ccccc1. The molecule has 1 aromatic carbocycles. The van der Waals surface area contributed by atoms with Crippen molar-refractivity contribution in [1.82, 2.24) is 5.32 Å². The van der Waals surface area contributed by atoms with E-state index in [9.17, 15) is 4.79 Å². The Morgan fingerprint density at radius 1 is 1.43 bits per heavy atom. The molecule has 0 aliphatic heterocycles. The van der Waals surface area contributed by atoms with Crippen LogP contribution in [-0.4, -0.2) is 19.7 Å². The quantitative estimate of drug-likeness (QED) is 0.444. The average molecular weight is 191 g/mol. The minimum absolute atomic E-state index is 0.234. The topological polar surface area (TPSA) is 38.3 Å². The van der Waals surface area contributed by atoms with Gasteiger partial charge in [0, 0.05) is 6.08 Å². The minimum Gasteiger partial charge on any atom is -0.447 e. The van der Waals surface area contributed by atoms with Crippen LogP contribution in [0.2, 0.25) is 0 Å². The Bertz CT molecular complexity index is 306. The van der Waals surface area contributed by atoms with Gasteiger partial charge < -0.3 is 4.74 Å². The van der Waals surface area contributed by atoms with E-state index < -0.39 is 0 Å². The first kappa shape index (κ1) is 10.5. The van der Waals surface area contributed by atoms with Gasteiger partial charge in [-0.3, -0.25) is 5.32 Å². The maximum atomic E-state index is 11.0. The number of rotatable bonds is 4. The third-order valence-electron chi connectivity index (χ3n) is 1.57. The summed E-state index contributed by atoms with van der Waals surface area (Å²) in [5.74, 6) is -0.344. The molecule has 0 saturated heterocycles. The van der Waals surface area contributed by atoms with Gasteiger partial charge in [0.15, 0.2) is 0 Å². The van der Waals surface area contributed by atoms with Crippen LogP contribution in [0.25, 0.3) is 6.08 Å². The zero-order valence-electron chi connectivity index (χ0n) is 8.07. The summed E-state index contributed by atoms with van der Waals surface area (Å²) in [5.41, 5.74) is 0.980. The van der Waals surface area contributed by atoms with Gasteiger partial charge in [-0.2, -0.15) is 0 Å². The molecule has 0 aliphatic rings. The van der Waals surface area contributed by atoms with Crippen molar-refractivity contribution in [2.45, 2.75) is 0 Å². The second-order valence-corrected chi connectivity index (χ2v) is 2.71. The Labute approximate surface area is 83.4 Å². The number of benzene rings is 1. The van der Waals surface area contributed by atoms with E-state index in [-0.39, 0.29) is 12.7 Å². The molecule has 0 bridgehead atoms. The molecule has 0 radical (unpaired) electrons. The van der Waals surface area contributed by atoms with Crippen molar-refractivity contribution in [3.63, 3.8) is 0 Å². The highest BCUT2D eigenvalue weighted by Crippen LogP contribution is 2.00. The van der Waals surface area contributed by atoms with Crippen LogP contribution < -0.4 is 5.32 Å². The zero-order valence-corrected chi connectivity index (χ0v) is 8.07. The standard InChI is InChI=1S/C11H13NO2/c1-12-9-14-11(13)8-7-10-5-3-2-4-6-10/h2-8,12H,9H2,1H3. The highest BCUT2D eigenvalue weighted by atomic mass is 16.5. The smallest absolute Gasteiger partial charge is 0.332 e. The van der Waals surface area contributed by atoms with Gasteiger partial charge in [-0.25, -0.2) is 4.79 Å². The van der Waals surface area contributed by atoms with E-state index in [1.807, 2.05) is 30.3 Å². The summed E-state index contributed by atoms with van der Waals surface area (Å²) in [6.07, 6.45) is 3.13. The van der Waals surface area contributed by atoms with Crippen molar-refractivity contribution in [3.05, 3.63) is 42.0 Å². The van der Waals surface area contributed by atoms with Gasteiger partial charge >= 0.3 is 5.97 Å². The molecule has 1 aromatic rings. The first-order chi connectivity index (χ1) is 6.83. The van der Waals surface area contributed by atoms with E-state index in [1.54, 1.807) is 13.1 Å². The second kappa shape index (κ2) is 5.94. The second-order valence-electron chi connectivity index (χ2n) is 2.71. The van der Waals surface area contributed by atoms with Crippen LogP contribution in [0.3, 0.4) is 0 Å². The first-order valence-electron chi connectivity index (χ1n) is 4.37. The monoisotopic (exact) mass is 191 g/mol. The lowest BCUT2D eigenvalue weighted by molar-refractivity contribution is -0.138. The van der Waals surface area contributed by atoms with E-state index >= 15 is 0 Å². The van der Waals surface area contributed by atoms with Crippen molar-refractivity contribution in [2.75, 3.05) is 13.8 Å². The first-order valence-corrected chi connectivity index (χ1v) is 4.37. The lowest BCUT2D eigenvalue weighted by atomic mass is 10.2. The predicted octanol–water partition coefficient (Wildman–Crippen LogP) is 1.42. The Morgan fingerprint density at radius 2 is 2.14 bits per heavy atom. The van der Waals surface area contributed by atoms with E-state index in [1.165, 1.54) is 6.08 Å². The van der Waals surface area contributed by atoms with Crippen LogP contribution in [0.4, 0.5) is 0 Å². The summed E-state index contributed by atoms with van der Waals surface area (Å²) in [5, 5.41) is 2.72. The summed E-state index contributed by atoms with van der Waals surface area (Å²) in [6, 6.07) is 9.59. The van der Waals surface area contributed by atoms with Crippen LogP contribution in [0.1, 0.15) is 5.56 Å². The molecule has 0 aromatic heterocycles. The van der Waals surface area contributed by atoms with Crippen LogP contribution in [0.15, 0.2) is 36.4 Å². The molecule has 1 N–H and O–H groups in total. The molecular formula is C11H13NO2. The van der Waals surface area contributed by atoms with Crippen molar-refractivity contribution in [2.24, 2.45) is 0 Å². The molecule has 0 amide bonds. The minimum atomic E-state index is -0.344. The van der Waals surface area contributed by atoms with Crippen molar-refractivity contribution >= 4 is 12.0 Å². The predicted molar refractivity (Wildman–Crippen MR) is 55.5 cm³/mol. The molecule has 0 heterocycles. The number of carbonyl (C=O) groups excluding carboxylic acids is 1. The molecule has 14 heavy (non-hydrogen) atoms. The third kappa shape index (κ3) is 3.87. The molecule has 0 atom stereocenters. The summed E-state index contributed by atoms with van der Waals surface area (Å²) in [7, 11) is 1.72. The Morgan fingerprint density at radius 3 is 2.79 bits per heavy atom. The van der Waals surface area contributed by atoms with Gasteiger partial charge in [0.05, 0.1) is 0 Å². The van der Waals surface area contributed by atoms with E-state index in [2.05, 4.69) is 5.32 Å². The van der Waals surface area contributed by atoms with E-state index in [0.29, 0.717) is 0 Å². The number of nitrogens with one attached hydrogen (secondary N) is 1. The molecule has 0 aliphatic carbocycles. The Kier molecular flexibility index (Phi) is 4.44. The summed E-state index contributed by atoms with van der Waals surface area (Å²) < 4.78 is 4.78. The van der Waals surface area contributed by atoms with Crippen molar-refractivity contribution < 1.29 is 9.53 Å². The van der Waals surface area contributed by atoms with E-state index in [4.69, 9.17) is 4.74 Å². The summed E-state index contributed by atoms with van der Waals surface area (Å²) >= 11 is 0. The fraction of sp³-hybridized carbons (Fsp3) is 0.182. The van der Waals surface area contributed by atoms with Gasteiger partial charge in [0.1, 0.15) is 6.73 Å². The molecule has 0 saturated carbocycles. The normalized spacial score (nSPS) is 10.4. The molecular weight excluding hydrogens is 178 g/mol. The fourth-order valence-electron chi connectivity index (χ4n) is 0.920. The molecule has 74 valence electrons. The van der Waals surface area contributed by atoms with Gasteiger partial charge in [-0.1, -0.05) is 30.3 Å². The zero-order chi connectivity index (χ0) is 10.2. The Hall–Kier alpha value is -1.61. The van der Waals surface area contributed by atoms with Crippen molar-refractivity contribution in [1.29, 1.82) is 0 Å². The molecule has 0 spiro atoms. The average Bonchev–Trinajstić information content (AvgIpc) is 2.25. The van der Waals surface area contributed by atoms with Gasteiger partial charge in [0.25, 0.3) is 0 Å². The maximum absolute atomic E-state index is 11.0. The van der Waals surface area contributed by atoms with Gasteiger partial charge in [0.2, 0.25) is 0 Å². The molecule has 3 heteroatoms.